The molecule has 0 unspecified atom stereocenters. The first-order chi connectivity index (χ1) is 7.15. The molecule has 3 nitrogen and oxygen atoms in total. The van der Waals surface area contributed by atoms with Gasteiger partial charge in [-0.15, -0.1) is 17.3 Å². The van der Waals surface area contributed by atoms with Crippen LogP contribution >= 0.6 is 11.3 Å². The van der Waals surface area contributed by atoms with Crippen molar-refractivity contribution in [2.24, 2.45) is 0 Å². The van der Waals surface area contributed by atoms with Gasteiger partial charge in [0.2, 0.25) is 0 Å². The Kier molecular flexibility index (Phi) is 4.60. The van der Waals surface area contributed by atoms with Crippen LogP contribution in [0, 0.1) is 18.8 Å². The summed E-state index contributed by atoms with van der Waals surface area (Å²) in [6.07, 6.45) is 0. The summed E-state index contributed by atoms with van der Waals surface area (Å²) in [4.78, 5) is 7.80. The first-order valence-electron chi connectivity index (χ1n) is 4.89. The molecule has 4 heteroatoms. The fraction of sp³-hybridized carbons (Fsp3) is 0.545. The summed E-state index contributed by atoms with van der Waals surface area (Å²) >= 11 is 1.73. The number of rotatable bonds is 4. The average molecular weight is 223 g/mol. The van der Waals surface area contributed by atoms with Gasteiger partial charge >= 0.3 is 0 Å². The van der Waals surface area contributed by atoms with Crippen LogP contribution in [0.5, 0.6) is 0 Å². The van der Waals surface area contributed by atoms with Crippen molar-refractivity contribution in [3.8, 4) is 11.8 Å². The third kappa shape index (κ3) is 3.54. The molecule has 0 saturated carbocycles. The minimum atomic E-state index is 0.741. The maximum atomic E-state index is 4.48. The zero-order valence-electron chi connectivity index (χ0n) is 9.72. The molecule has 1 aromatic rings. The van der Waals surface area contributed by atoms with E-state index in [1.165, 1.54) is 4.88 Å². The van der Waals surface area contributed by atoms with Crippen LogP contribution in [0.15, 0.2) is 0 Å². The van der Waals surface area contributed by atoms with Gasteiger partial charge in [0.05, 0.1) is 12.2 Å². The fourth-order valence-corrected chi connectivity index (χ4v) is 2.05. The Labute approximate surface area is 95.5 Å². The average Bonchev–Trinajstić information content (AvgIpc) is 2.55. The van der Waals surface area contributed by atoms with Crippen molar-refractivity contribution in [3.05, 3.63) is 10.6 Å². The molecule has 0 radical (unpaired) electrons. The summed E-state index contributed by atoms with van der Waals surface area (Å²) in [5.41, 5.74) is 1.11. The Bertz CT molecular complexity index is 371. The van der Waals surface area contributed by atoms with Crippen LogP contribution < -0.4 is 10.2 Å². The highest BCUT2D eigenvalue weighted by atomic mass is 32.1. The van der Waals surface area contributed by atoms with Crippen LogP contribution in [-0.2, 0) is 6.54 Å². The number of hydrogen-bond donors (Lipinski definition) is 1. The number of aryl methyl sites for hydroxylation is 1. The number of aromatic nitrogens is 1. The van der Waals surface area contributed by atoms with Crippen LogP contribution in [0.25, 0.3) is 0 Å². The van der Waals surface area contributed by atoms with Gasteiger partial charge < -0.3 is 10.2 Å². The van der Waals surface area contributed by atoms with Crippen LogP contribution in [0.2, 0.25) is 0 Å². The van der Waals surface area contributed by atoms with E-state index in [0.29, 0.717) is 0 Å². The highest BCUT2D eigenvalue weighted by Gasteiger charge is 2.07. The maximum absolute atomic E-state index is 4.48. The van der Waals surface area contributed by atoms with Crippen molar-refractivity contribution in [3.63, 3.8) is 0 Å². The van der Waals surface area contributed by atoms with Crippen LogP contribution in [0.1, 0.15) is 17.5 Å². The van der Waals surface area contributed by atoms with Crippen molar-refractivity contribution in [1.82, 2.24) is 10.3 Å². The molecule has 1 heterocycles. The van der Waals surface area contributed by atoms with Crippen LogP contribution in [-0.4, -0.2) is 25.6 Å². The van der Waals surface area contributed by atoms with Gasteiger partial charge in [0.15, 0.2) is 5.13 Å². The zero-order chi connectivity index (χ0) is 11.3. The number of nitrogens with zero attached hydrogens (tertiary/aromatic N) is 2. The molecule has 1 N–H and O–H groups in total. The van der Waals surface area contributed by atoms with Gasteiger partial charge in [0.25, 0.3) is 0 Å². The molecule has 0 bridgehead atoms. The predicted octanol–water partition coefficient (Wildman–Crippen LogP) is 1.63. The molecule has 1 rings (SSSR count). The third-order valence-corrected chi connectivity index (χ3v) is 3.26. The van der Waals surface area contributed by atoms with Crippen molar-refractivity contribution < 1.29 is 0 Å². The molecular formula is C11H17N3S. The van der Waals surface area contributed by atoms with E-state index >= 15 is 0 Å². The van der Waals surface area contributed by atoms with Crippen LogP contribution in [0.3, 0.4) is 0 Å². The van der Waals surface area contributed by atoms with E-state index in [-0.39, 0.29) is 0 Å². The lowest BCUT2D eigenvalue weighted by Gasteiger charge is -2.05. The number of anilines is 1. The van der Waals surface area contributed by atoms with Gasteiger partial charge in [-0.05, 0) is 13.8 Å². The topological polar surface area (TPSA) is 28.2 Å². The molecule has 0 amide bonds. The van der Waals surface area contributed by atoms with Crippen molar-refractivity contribution in [2.75, 3.05) is 25.5 Å². The lowest BCUT2D eigenvalue weighted by Crippen LogP contribution is -2.12. The number of thiazole rings is 1. The van der Waals surface area contributed by atoms with Gasteiger partial charge in [-0.25, -0.2) is 4.98 Å². The zero-order valence-corrected chi connectivity index (χ0v) is 10.5. The summed E-state index contributed by atoms with van der Waals surface area (Å²) in [6, 6.07) is 0. The summed E-state index contributed by atoms with van der Waals surface area (Å²) in [6.45, 7) is 5.49. The SMILES string of the molecule is CC#CCNCc1sc(N(C)C)nc1C. The van der Waals surface area contributed by atoms with E-state index in [0.717, 1.165) is 23.9 Å². The minimum absolute atomic E-state index is 0.741. The largest absolute Gasteiger partial charge is 0.354 e. The Morgan fingerprint density at radius 1 is 1.47 bits per heavy atom. The smallest absolute Gasteiger partial charge is 0.185 e. The summed E-state index contributed by atoms with van der Waals surface area (Å²) in [7, 11) is 4.02. The molecule has 0 atom stereocenters. The van der Waals surface area contributed by atoms with E-state index < -0.39 is 0 Å². The summed E-state index contributed by atoms with van der Waals surface area (Å²) in [5.74, 6) is 5.84. The molecule has 0 saturated heterocycles. The lowest BCUT2D eigenvalue weighted by molar-refractivity contribution is 0.774. The Balaban J connectivity index is 2.56. The molecule has 0 aromatic carbocycles. The number of hydrogen-bond acceptors (Lipinski definition) is 4. The standard InChI is InChI=1S/C11H17N3S/c1-5-6-7-12-8-10-9(2)13-11(15-10)14(3)4/h12H,7-8H2,1-4H3. The fourth-order valence-electron chi connectivity index (χ4n) is 1.09. The van der Waals surface area contributed by atoms with Crippen molar-refractivity contribution in [2.45, 2.75) is 20.4 Å². The Morgan fingerprint density at radius 2 is 2.20 bits per heavy atom. The van der Waals surface area contributed by atoms with E-state index in [9.17, 15) is 0 Å². The molecular weight excluding hydrogens is 206 g/mol. The van der Waals surface area contributed by atoms with Crippen molar-refractivity contribution in [1.29, 1.82) is 0 Å². The Morgan fingerprint density at radius 3 is 2.73 bits per heavy atom. The Hall–Kier alpha value is -1.05. The molecule has 15 heavy (non-hydrogen) atoms. The quantitative estimate of drug-likeness (QED) is 0.621. The van der Waals surface area contributed by atoms with Gasteiger partial charge in [-0.2, -0.15) is 0 Å². The predicted molar refractivity (Wildman–Crippen MR) is 66.3 cm³/mol. The van der Waals surface area contributed by atoms with Gasteiger partial charge in [0.1, 0.15) is 0 Å². The van der Waals surface area contributed by atoms with Crippen LogP contribution in [0.4, 0.5) is 5.13 Å². The minimum Gasteiger partial charge on any atom is -0.354 e. The van der Waals surface area contributed by atoms with E-state index in [1.807, 2.05) is 32.8 Å². The number of nitrogens with one attached hydrogen (secondary N) is 1. The second kappa shape index (κ2) is 5.74. The first kappa shape index (κ1) is 12.0. The summed E-state index contributed by atoms with van der Waals surface area (Å²) in [5, 5.41) is 4.33. The second-order valence-corrected chi connectivity index (χ2v) is 4.49. The van der Waals surface area contributed by atoms with Gasteiger partial charge in [0, 0.05) is 25.5 Å². The molecule has 0 spiro atoms. The lowest BCUT2D eigenvalue weighted by atomic mass is 10.4. The molecule has 0 fully saturated rings. The van der Waals surface area contributed by atoms with E-state index in [4.69, 9.17) is 0 Å². The van der Waals surface area contributed by atoms with E-state index in [1.54, 1.807) is 11.3 Å². The molecule has 82 valence electrons. The highest BCUT2D eigenvalue weighted by Crippen LogP contribution is 2.23. The molecule has 1 aromatic heterocycles. The maximum Gasteiger partial charge on any atom is 0.185 e. The molecule has 0 aliphatic heterocycles. The first-order valence-corrected chi connectivity index (χ1v) is 5.70. The van der Waals surface area contributed by atoms with E-state index in [2.05, 4.69) is 22.1 Å². The monoisotopic (exact) mass is 223 g/mol. The van der Waals surface area contributed by atoms with Crippen molar-refractivity contribution >= 4 is 16.5 Å². The highest BCUT2D eigenvalue weighted by molar-refractivity contribution is 7.15. The third-order valence-electron chi connectivity index (χ3n) is 1.94. The molecule has 0 aliphatic carbocycles. The normalized spacial score (nSPS) is 9.60. The van der Waals surface area contributed by atoms with Gasteiger partial charge in [-0.3, -0.25) is 0 Å². The summed E-state index contributed by atoms with van der Waals surface area (Å²) < 4.78 is 0. The van der Waals surface area contributed by atoms with Gasteiger partial charge in [-0.1, -0.05) is 5.92 Å². The second-order valence-electron chi connectivity index (χ2n) is 3.43. The molecule has 0 aliphatic rings.